The zero-order valence-electron chi connectivity index (χ0n) is 8.86. The summed E-state index contributed by atoms with van der Waals surface area (Å²) in [5, 5.41) is 0. The predicted molar refractivity (Wildman–Crippen MR) is 65.0 cm³/mol. The first-order valence-corrected chi connectivity index (χ1v) is 6.04. The number of rotatable bonds is 1. The van der Waals surface area contributed by atoms with Crippen molar-refractivity contribution < 1.29 is 21.3 Å². The van der Waals surface area contributed by atoms with Crippen LogP contribution >= 0.6 is 12.0 Å². The Balaban J connectivity index is 0.000000183. The maximum atomic E-state index is 5.41. The predicted octanol–water partition coefficient (Wildman–Crippen LogP) is 3.92. The van der Waals surface area contributed by atoms with Gasteiger partial charge in [-0.1, -0.05) is 0 Å². The summed E-state index contributed by atoms with van der Waals surface area (Å²) < 4.78 is 5.41. The Bertz CT molecular complexity index is 319. The Morgan fingerprint density at radius 3 is 2.06 bits per heavy atom. The molecule has 92 valence electrons. The van der Waals surface area contributed by atoms with Crippen molar-refractivity contribution in [2.24, 2.45) is 0 Å². The van der Waals surface area contributed by atoms with Crippen molar-refractivity contribution in [3.8, 4) is 0 Å². The molecule has 0 aromatic heterocycles. The van der Waals surface area contributed by atoms with Crippen molar-refractivity contribution in [2.45, 2.75) is 12.5 Å². The minimum Gasteiger partial charge on any atom is -0.748 e. The third-order valence-corrected chi connectivity index (χ3v) is 3.03. The summed E-state index contributed by atoms with van der Waals surface area (Å²) in [6.45, 7) is 0. The van der Waals surface area contributed by atoms with Crippen LogP contribution in [-0.4, -0.2) is 5.75 Å². The van der Waals surface area contributed by atoms with Crippen molar-refractivity contribution in [3.05, 3.63) is 60.2 Å². The summed E-state index contributed by atoms with van der Waals surface area (Å²) in [7, 11) is 0. The second kappa shape index (κ2) is 7.75. The number of hydrogen-bond acceptors (Lipinski definition) is 2. The normalized spacial score (nSPS) is 18.4. The van der Waals surface area contributed by atoms with Crippen molar-refractivity contribution in [1.29, 1.82) is 0 Å². The van der Waals surface area contributed by atoms with Gasteiger partial charge in [-0.25, -0.2) is 12.1 Å². The average Bonchev–Trinajstić information content (AvgIpc) is 3.06. The van der Waals surface area contributed by atoms with E-state index in [-0.39, 0.29) is 17.1 Å². The van der Waals surface area contributed by atoms with E-state index in [1.54, 1.807) is 12.0 Å². The molecule has 1 saturated heterocycles. The van der Waals surface area contributed by atoms with Gasteiger partial charge in [0.05, 0.1) is 6.10 Å². The minimum atomic E-state index is 0. The molecule has 1 fully saturated rings. The first-order chi connectivity index (χ1) is 7.47. The Morgan fingerprint density at radius 1 is 1.06 bits per heavy atom. The van der Waals surface area contributed by atoms with E-state index in [0.29, 0.717) is 6.10 Å². The van der Waals surface area contributed by atoms with Crippen LogP contribution in [0.2, 0.25) is 0 Å². The zero-order valence-corrected chi connectivity index (χ0v) is 10.8. The van der Waals surface area contributed by atoms with Gasteiger partial charge in [0.15, 0.2) is 0 Å². The Hall–Kier alpha value is -0.471. The molecule has 2 aromatic rings. The first kappa shape index (κ1) is 13.6. The van der Waals surface area contributed by atoms with Gasteiger partial charge in [-0.05, 0) is 18.5 Å². The van der Waals surface area contributed by atoms with Gasteiger partial charge in [0.25, 0.3) is 0 Å². The smallest absolute Gasteiger partial charge is 0.0542 e. The molecule has 3 rings (SSSR count). The molecule has 2 aromatic carbocycles. The summed E-state index contributed by atoms with van der Waals surface area (Å²) in [6.07, 6.45) is 1.52. The zero-order chi connectivity index (χ0) is 10.3. The monoisotopic (exact) mass is 274 g/mol. The maximum Gasteiger partial charge on any atom is 0.0542 e. The van der Waals surface area contributed by atoms with Crippen molar-refractivity contribution in [3.63, 3.8) is 0 Å². The molecule has 0 amide bonds. The van der Waals surface area contributed by atoms with Gasteiger partial charge in [-0.2, -0.15) is 12.1 Å². The third-order valence-electron chi connectivity index (χ3n) is 2.26. The quantitative estimate of drug-likeness (QED) is 0.443. The number of hydrogen-bond donors (Lipinski definition) is 0. The van der Waals surface area contributed by atoms with Gasteiger partial charge < -0.3 is 34.5 Å². The van der Waals surface area contributed by atoms with Crippen LogP contribution < -0.4 is 0 Å². The summed E-state index contributed by atoms with van der Waals surface area (Å²) in [4.78, 5) is 0. The molecule has 1 aliphatic heterocycles. The summed E-state index contributed by atoms with van der Waals surface area (Å²) in [5.41, 5.74) is 1.32. The van der Waals surface area contributed by atoms with Crippen molar-refractivity contribution in [2.75, 3.05) is 5.75 Å². The molecule has 0 radical (unpaired) electrons. The molecule has 16 heavy (non-hydrogen) atoms. The fourth-order valence-corrected chi connectivity index (χ4v) is 2.26. The van der Waals surface area contributed by atoms with Gasteiger partial charge in [-0.15, -0.1) is 5.56 Å². The van der Waals surface area contributed by atoms with E-state index in [1.165, 1.54) is 5.56 Å². The van der Waals surface area contributed by atoms with E-state index >= 15 is 0 Å². The molecule has 1 unspecified atom stereocenters. The molecule has 0 aliphatic carbocycles. The van der Waals surface area contributed by atoms with E-state index in [0.717, 1.165) is 12.2 Å². The van der Waals surface area contributed by atoms with E-state index in [2.05, 4.69) is 24.3 Å². The topological polar surface area (TPSA) is 9.23 Å². The summed E-state index contributed by atoms with van der Waals surface area (Å²) in [5.74, 6) is 1.13. The molecular formula is C13H14FeOS-6. The summed E-state index contributed by atoms with van der Waals surface area (Å²) >= 11 is 1.58. The SMILES string of the molecule is [Fe].[cH-]1[cH-][cH-][cH-][cH-]1.c1cc[c-](C2CCSO2)c1. The second-order valence-corrected chi connectivity index (χ2v) is 4.21. The molecule has 1 aliphatic rings. The minimum absolute atomic E-state index is 0. The molecule has 0 saturated carbocycles. The second-order valence-electron chi connectivity index (χ2n) is 3.38. The van der Waals surface area contributed by atoms with Crippen molar-refractivity contribution >= 4 is 12.0 Å². The Labute approximate surface area is 112 Å². The van der Waals surface area contributed by atoms with E-state index in [4.69, 9.17) is 4.18 Å². The van der Waals surface area contributed by atoms with Crippen LogP contribution in [-0.2, 0) is 21.3 Å². The molecule has 1 nitrogen and oxygen atoms in total. The molecule has 0 spiro atoms. The van der Waals surface area contributed by atoms with Gasteiger partial charge in [0, 0.05) is 22.8 Å². The van der Waals surface area contributed by atoms with Gasteiger partial charge in [-0.3, -0.25) is 0 Å². The van der Waals surface area contributed by atoms with Crippen LogP contribution in [0.3, 0.4) is 0 Å². The van der Waals surface area contributed by atoms with E-state index in [9.17, 15) is 0 Å². The molecule has 0 N–H and O–H groups in total. The fourth-order valence-electron chi connectivity index (χ4n) is 1.48. The van der Waals surface area contributed by atoms with Crippen LogP contribution in [0.5, 0.6) is 0 Å². The Kier molecular flexibility index (Phi) is 6.58. The van der Waals surface area contributed by atoms with Crippen LogP contribution in [0.15, 0.2) is 54.6 Å². The van der Waals surface area contributed by atoms with Crippen LogP contribution in [0.25, 0.3) is 0 Å². The third kappa shape index (κ3) is 4.18. The largest absolute Gasteiger partial charge is 0.748 e. The first-order valence-electron chi connectivity index (χ1n) is 5.13. The molecular weight excluding hydrogens is 260 g/mol. The van der Waals surface area contributed by atoms with Gasteiger partial charge >= 0.3 is 0 Å². The standard InChI is InChI=1S/C8H9OS.C5H5.Fe/c1-2-4-7(3-1)8-5-6-10-9-8;1-2-4-5-3-1;/h1-4,8H,5-6H2;1-5H;/q-1;-5;. The van der Waals surface area contributed by atoms with Crippen LogP contribution in [0.4, 0.5) is 0 Å². The maximum absolute atomic E-state index is 5.41. The molecule has 3 heteroatoms. The van der Waals surface area contributed by atoms with Gasteiger partial charge in [0.2, 0.25) is 0 Å². The molecule has 1 atom stereocenters. The molecule has 1 heterocycles. The van der Waals surface area contributed by atoms with Gasteiger partial charge in [0.1, 0.15) is 0 Å². The Morgan fingerprint density at radius 2 is 1.62 bits per heavy atom. The van der Waals surface area contributed by atoms with Crippen LogP contribution in [0.1, 0.15) is 18.1 Å². The van der Waals surface area contributed by atoms with Crippen LogP contribution in [0, 0.1) is 0 Å². The fraction of sp³-hybridized carbons (Fsp3) is 0.231. The van der Waals surface area contributed by atoms with E-state index in [1.807, 2.05) is 30.3 Å². The summed E-state index contributed by atoms with van der Waals surface area (Å²) in [6, 6.07) is 18.4. The molecule has 0 bridgehead atoms. The average molecular weight is 274 g/mol. The van der Waals surface area contributed by atoms with E-state index < -0.39 is 0 Å². The van der Waals surface area contributed by atoms with Crippen molar-refractivity contribution in [1.82, 2.24) is 0 Å².